The first-order valence-corrected chi connectivity index (χ1v) is 4.58. The van der Waals surface area contributed by atoms with Crippen molar-refractivity contribution >= 4 is 5.97 Å². The molecule has 1 saturated heterocycles. The summed E-state index contributed by atoms with van der Waals surface area (Å²) in [6, 6.07) is 9.90. The highest BCUT2D eigenvalue weighted by atomic mass is 16.6. The van der Waals surface area contributed by atoms with Crippen LogP contribution in [-0.4, -0.2) is 5.97 Å². The van der Waals surface area contributed by atoms with Crippen molar-refractivity contribution < 1.29 is 9.53 Å². The average Bonchev–Trinajstić information content (AvgIpc) is 2.16. The third kappa shape index (κ3) is 1.32. The minimum Gasteiger partial charge on any atom is -0.456 e. The smallest absolute Gasteiger partial charge is 0.313 e. The fraction of sp³-hybridized carbons (Fsp3) is 0.364. The molecule has 13 heavy (non-hydrogen) atoms. The van der Waals surface area contributed by atoms with E-state index in [1.54, 1.807) is 0 Å². The molecular formula is C11H12O2. The summed E-state index contributed by atoms with van der Waals surface area (Å²) in [5.74, 6) is 0.0127. The maximum absolute atomic E-state index is 11.0. The van der Waals surface area contributed by atoms with E-state index >= 15 is 0 Å². The van der Waals surface area contributed by atoms with E-state index in [1.807, 2.05) is 37.3 Å². The van der Waals surface area contributed by atoms with Crippen molar-refractivity contribution in [3.05, 3.63) is 35.9 Å². The Balaban J connectivity index is 2.16. The van der Waals surface area contributed by atoms with Crippen molar-refractivity contribution in [2.45, 2.75) is 19.4 Å². The fourth-order valence-corrected chi connectivity index (χ4v) is 1.67. The van der Waals surface area contributed by atoms with Gasteiger partial charge in [0.15, 0.2) is 0 Å². The molecule has 68 valence electrons. The summed E-state index contributed by atoms with van der Waals surface area (Å²) in [4.78, 5) is 11.0. The van der Waals surface area contributed by atoms with Crippen molar-refractivity contribution in [2.24, 2.45) is 5.92 Å². The maximum atomic E-state index is 11.0. The van der Waals surface area contributed by atoms with E-state index in [-0.39, 0.29) is 18.0 Å². The van der Waals surface area contributed by atoms with Crippen LogP contribution in [0.5, 0.6) is 0 Å². The predicted molar refractivity (Wildman–Crippen MR) is 49.1 cm³/mol. The summed E-state index contributed by atoms with van der Waals surface area (Å²) < 4.78 is 5.09. The van der Waals surface area contributed by atoms with Gasteiger partial charge in [-0.25, -0.2) is 0 Å². The highest BCUT2D eigenvalue weighted by Gasteiger charge is 2.41. The molecule has 0 amide bonds. The molecule has 1 fully saturated rings. The van der Waals surface area contributed by atoms with Crippen LogP contribution in [0.15, 0.2) is 30.3 Å². The molecule has 0 saturated carbocycles. The van der Waals surface area contributed by atoms with Crippen LogP contribution in [0.3, 0.4) is 0 Å². The molecule has 1 aliphatic heterocycles. The number of benzene rings is 1. The van der Waals surface area contributed by atoms with Crippen LogP contribution in [0.4, 0.5) is 0 Å². The second-order valence-corrected chi connectivity index (χ2v) is 3.28. The summed E-state index contributed by atoms with van der Waals surface area (Å²) in [6.07, 6.45) is 0.858. The monoisotopic (exact) mass is 176 g/mol. The van der Waals surface area contributed by atoms with Crippen molar-refractivity contribution in [3.63, 3.8) is 0 Å². The Morgan fingerprint density at radius 2 is 2.00 bits per heavy atom. The van der Waals surface area contributed by atoms with Gasteiger partial charge < -0.3 is 4.74 Å². The second kappa shape index (κ2) is 3.21. The lowest BCUT2D eigenvalue weighted by Crippen LogP contribution is -2.37. The molecule has 0 spiro atoms. The standard InChI is InChI=1S/C11H12O2/c1-2-9-10(13-11(9)12)8-6-4-3-5-7-8/h3-7,9-10H,2H2,1H3/t9-,10+/m1/s1. The van der Waals surface area contributed by atoms with Crippen LogP contribution in [0.1, 0.15) is 25.0 Å². The zero-order chi connectivity index (χ0) is 9.26. The molecule has 1 heterocycles. The highest BCUT2D eigenvalue weighted by Crippen LogP contribution is 2.38. The van der Waals surface area contributed by atoms with Gasteiger partial charge in [-0.1, -0.05) is 37.3 Å². The van der Waals surface area contributed by atoms with Gasteiger partial charge in [0.1, 0.15) is 6.10 Å². The first kappa shape index (κ1) is 8.30. The van der Waals surface area contributed by atoms with Crippen LogP contribution in [0.2, 0.25) is 0 Å². The summed E-state index contributed by atoms with van der Waals surface area (Å²) in [5.41, 5.74) is 1.11. The summed E-state index contributed by atoms with van der Waals surface area (Å²) in [6.45, 7) is 2.01. The lowest BCUT2D eigenvalue weighted by molar-refractivity contribution is -0.186. The van der Waals surface area contributed by atoms with Gasteiger partial charge in [-0.3, -0.25) is 4.79 Å². The number of rotatable bonds is 2. The van der Waals surface area contributed by atoms with Gasteiger partial charge in [0.05, 0.1) is 5.92 Å². The van der Waals surface area contributed by atoms with Crippen molar-refractivity contribution in [1.29, 1.82) is 0 Å². The molecule has 2 nitrogen and oxygen atoms in total. The van der Waals surface area contributed by atoms with Crippen LogP contribution in [0, 0.1) is 5.92 Å². The molecule has 2 atom stereocenters. The Bertz CT molecular complexity index is 305. The Labute approximate surface area is 77.5 Å². The van der Waals surface area contributed by atoms with Crippen molar-refractivity contribution in [1.82, 2.24) is 0 Å². The number of esters is 1. The highest BCUT2D eigenvalue weighted by molar-refractivity contribution is 5.79. The SMILES string of the molecule is CC[C@H]1C(=O)O[C@H]1c1ccccc1. The molecule has 0 radical (unpaired) electrons. The van der Waals surface area contributed by atoms with E-state index in [9.17, 15) is 4.79 Å². The first-order chi connectivity index (χ1) is 6.33. The second-order valence-electron chi connectivity index (χ2n) is 3.28. The van der Waals surface area contributed by atoms with Crippen LogP contribution in [0.25, 0.3) is 0 Å². The molecule has 0 N–H and O–H groups in total. The van der Waals surface area contributed by atoms with E-state index in [0.717, 1.165) is 12.0 Å². The third-order valence-electron chi connectivity index (χ3n) is 2.48. The lowest BCUT2D eigenvalue weighted by Gasteiger charge is -2.34. The minimum atomic E-state index is -0.0589. The largest absolute Gasteiger partial charge is 0.456 e. The number of hydrogen-bond acceptors (Lipinski definition) is 2. The van der Waals surface area contributed by atoms with Crippen LogP contribution < -0.4 is 0 Å². The molecule has 2 rings (SSSR count). The molecule has 1 aromatic carbocycles. The van der Waals surface area contributed by atoms with Gasteiger partial charge in [-0.05, 0) is 12.0 Å². The van der Waals surface area contributed by atoms with Crippen LogP contribution in [-0.2, 0) is 9.53 Å². The Kier molecular flexibility index (Phi) is 2.05. The Morgan fingerprint density at radius 1 is 1.31 bits per heavy atom. The van der Waals surface area contributed by atoms with E-state index in [1.165, 1.54) is 0 Å². The molecule has 0 aromatic heterocycles. The first-order valence-electron chi connectivity index (χ1n) is 4.58. The van der Waals surface area contributed by atoms with E-state index in [4.69, 9.17) is 4.74 Å². The van der Waals surface area contributed by atoms with Gasteiger partial charge in [0.25, 0.3) is 0 Å². The number of ether oxygens (including phenoxy) is 1. The normalized spacial score (nSPS) is 26.4. The fourth-order valence-electron chi connectivity index (χ4n) is 1.67. The summed E-state index contributed by atoms with van der Waals surface area (Å²) in [7, 11) is 0. The predicted octanol–water partition coefficient (Wildman–Crippen LogP) is 2.31. The molecule has 0 aliphatic carbocycles. The zero-order valence-corrected chi connectivity index (χ0v) is 7.57. The number of cyclic esters (lactones) is 1. The van der Waals surface area contributed by atoms with Crippen molar-refractivity contribution in [3.8, 4) is 0 Å². The lowest BCUT2D eigenvalue weighted by atomic mass is 9.89. The number of carbonyl (C=O) groups excluding carboxylic acids is 1. The van der Waals surface area contributed by atoms with Gasteiger partial charge in [-0.2, -0.15) is 0 Å². The number of hydrogen-bond donors (Lipinski definition) is 0. The topological polar surface area (TPSA) is 26.3 Å². The van der Waals surface area contributed by atoms with Gasteiger partial charge in [0, 0.05) is 0 Å². The van der Waals surface area contributed by atoms with Gasteiger partial charge in [-0.15, -0.1) is 0 Å². The molecule has 1 aliphatic rings. The average molecular weight is 176 g/mol. The van der Waals surface area contributed by atoms with Gasteiger partial charge >= 0.3 is 5.97 Å². The Hall–Kier alpha value is -1.31. The number of carbonyl (C=O) groups is 1. The molecule has 0 bridgehead atoms. The molecule has 2 heteroatoms. The maximum Gasteiger partial charge on any atom is 0.313 e. The third-order valence-corrected chi connectivity index (χ3v) is 2.48. The van der Waals surface area contributed by atoms with Crippen LogP contribution >= 0.6 is 0 Å². The Morgan fingerprint density at radius 3 is 2.54 bits per heavy atom. The van der Waals surface area contributed by atoms with Crippen molar-refractivity contribution in [2.75, 3.05) is 0 Å². The zero-order valence-electron chi connectivity index (χ0n) is 7.57. The molecule has 1 aromatic rings. The minimum absolute atomic E-state index is 0.00120. The summed E-state index contributed by atoms with van der Waals surface area (Å²) in [5, 5.41) is 0. The quantitative estimate of drug-likeness (QED) is 0.646. The molecule has 0 unspecified atom stereocenters. The van der Waals surface area contributed by atoms with E-state index in [0.29, 0.717) is 0 Å². The molecular weight excluding hydrogens is 164 g/mol. The van der Waals surface area contributed by atoms with E-state index in [2.05, 4.69) is 0 Å². The van der Waals surface area contributed by atoms with Gasteiger partial charge in [0.2, 0.25) is 0 Å². The van der Waals surface area contributed by atoms with E-state index < -0.39 is 0 Å². The summed E-state index contributed by atoms with van der Waals surface area (Å²) >= 11 is 0.